The molecule has 3 aliphatic rings. The zero-order valence-corrected chi connectivity index (χ0v) is 48.8. The van der Waals surface area contributed by atoms with E-state index < -0.39 is 31.9 Å². The van der Waals surface area contributed by atoms with Crippen LogP contribution < -0.4 is 41.6 Å². The maximum atomic E-state index is 11.8. The van der Waals surface area contributed by atoms with Crippen LogP contribution in [0.3, 0.4) is 0 Å². The molecule has 23 nitrogen and oxygen atoms in total. The number of nitrogens with two attached hydrogens (primary N) is 2. The van der Waals surface area contributed by atoms with Gasteiger partial charge >= 0.3 is 0 Å². The first-order valence-corrected chi connectivity index (χ1v) is 31.9. The van der Waals surface area contributed by atoms with Gasteiger partial charge in [0.05, 0.1) is 86.5 Å². The minimum Gasteiger partial charge on any atom is -0.487 e. The van der Waals surface area contributed by atoms with Crippen LogP contribution in [0.25, 0.3) is 30.6 Å². The highest BCUT2D eigenvalue weighted by Crippen LogP contribution is 2.38. The molecule has 0 aliphatic carbocycles. The molecule has 0 radical (unpaired) electrons. The first-order chi connectivity index (χ1) is 39.3. The van der Waals surface area contributed by atoms with Gasteiger partial charge in [0, 0.05) is 40.4 Å². The molecule has 12 rings (SSSR count). The van der Waals surface area contributed by atoms with E-state index in [1.165, 1.54) is 40.1 Å². The normalized spacial score (nSPS) is 17.2. The van der Waals surface area contributed by atoms with E-state index in [9.17, 15) is 26.4 Å². The zero-order valence-electron chi connectivity index (χ0n) is 44.8. The SMILES string of the molecule is C.CS(=O)(=O)N1CCC(Oc2ccccc2Nc2ncnc3ccsc23)C1.Cc1cc2ncnc(Nc3ccc(C(N)=O)cc3OC3CCN(S(C)(=O)=O)C3)c2s1.Cc1cc2ncnc(Nc3ccc(C(N)=O)cc3OC3CCOC3)c2s1. The van der Waals surface area contributed by atoms with Crippen molar-refractivity contribution in [2.75, 3.05) is 67.9 Å². The van der Waals surface area contributed by atoms with Crippen LogP contribution in [0.1, 0.15) is 57.2 Å². The lowest BCUT2D eigenvalue weighted by Gasteiger charge is -2.19. The Morgan fingerprint density at radius 1 is 0.578 bits per heavy atom. The quantitative estimate of drug-likeness (QED) is 0.0603. The van der Waals surface area contributed by atoms with Crippen LogP contribution in [0.5, 0.6) is 17.2 Å². The number of amides is 2. The molecule has 3 fully saturated rings. The Balaban J connectivity index is 0.000000149. The van der Waals surface area contributed by atoms with E-state index in [2.05, 4.69) is 45.9 Å². The summed E-state index contributed by atoms with van der Waals surface area (Å²) in [5.74, 6) is 2.62. The predicted molar refractivity (Wildman–Crippen MR) is 325 cm³/mol. The largest absolute Gasteiger partial charge is 0.487 e. The summed E-state index contributed by atoms with van der Waals surface area (Å²) in [6.07, 6.45) is 8.43. The first kappa shape index (κ1) is 59.9. The number of ether oxygens (including phenoxy) is 4. The third-order valence-electron chi connectivity index (χ3n) is 13.2. The number of aromatic nitrogens is 6. The van der Waals surface area contributed by atoms with Gasteiger partial charge in [0.15, 0.2) is 17.5 Å². The number of benzene rings is 3. The van der Waals surface area contributed by atoms with Gasteiger partial charge in [0.1, 0.15) is 54.5 Å². The number of rotatable bonds is 16. The summed E-state index contributed by atoms with van der Waals surface area (Å²) in [7, 11) is -6.46. The number of aryl methyl sites for hydroxylation is 2. The van der Waals surface area contributed by atoms with Gasteiger partial charge in [-0.1, -0.05) is 19.6 Å². The van der Waals surface area contributed by atoms with Crippen LogP contribution in [-0.4, -0.2) is 137 Å². The molecule has 3 aromatic carbocycles. The van der Waals surface area contributed by atoms with Crippen molar-refractivity contribution in [2.45, 2.75) is 58.8 Å². The Hall–Kier alpha value is -7.70. The van der Waals surface area contributed by atoms with Gasteiger partial charge in [-0.05, 0) is 98.8 Å². The maximum absolute atomic E-state index is 11.8. The molecule has 2 amide bonds. The van der Waals surface area contributed by atoms with Crippen molar-refractivity contribution in [1.29, 1.82) is 0 Å². The molecule has 3 aliphatic heterocycles. The molecule has 6 aromatic heterocycles. The Morgan fingerprint density at radius 3 is 1.51 bits per heavy atom. The van der Waals surface area contributed by atoms with Crippen molar-refractivity contribution in [3.8, 4) is 17.2 Å². The second-order valence-corrected chi connectivity index (χ2v) is 26.8. The molecule has 3 atom stereocenters. The Bertz CT molecular complexity index is 4040. The van der Waals surface area contributed by atoms with E-state index in [0.29, 0.717) is 97.1 Å². The second kappa shape index (κ2) is 25.8. The molecule has 0 spiro atoms. The van der Waals surface area contributed by atoms with Gasteiger partial charge in [-0.2, -0.15) is 8.61 Å². The summed E-state index contributed by atoms with van der Waals surface area (Å²) < 4.78 is 76.2. The molecule has 9 heterocycles. The van der Waals surface area contributed by atoms with Crippen molar-refractivity contribution in [3.63, 3.8) is 0 Å². The highest BCUT2D eigenvalue weighted by Gasteiger charge is 2.32. The van der Waals surface area contributed by atoms with Crippen molar-refractivity contribution in [3.05, 3.63) is 124 Å². The number of para-hydroxylation sites is 2. The fourth-order valence-corrected chi connectivity index (χ4v) is 13.5. The molecule has 0 saturated carbocycles. The highest BCUT2D eigenvalue weighted by molar-refractivity contribution is 7.88. The molecule has 3 unspecified atom stereocenters. The number of primary amides is 2. The molecular weight excluding hydrogens is 1160 g/mol. The van der Waals surface area contributed by atoms with Gasteiger partial charge < -0.3 is 46.4 Å². The molecule has 3 saturated heterocycles. The van der Waals surface area contributed by atoms with E-state index in [1.54, 1.807) is 70.4 Å². The first-order valence-electron chi connectivity index (χ1n) is 25.7. The van der Waals surface area contributed by atoms with Crippen LogP contribution in [0.2, 0.25) is 0 Å². The van der Waals surface area contributed by atoms with Crippen molar-refractivity contribution in [1.82, 2.24) is 38.5 Å². The number of fused-ring (bicyclic) bond motifs is 3. The molecule has 436 valence electrons. The van der Waals surface area contributed by atoms with E-state index >= 15 is 0 Å². The smallest absolute Gasteiger partial charge is 0.248 e. The van der Waals surface area contributed by atoms with Crippen molar-refractivity contribution in [2.24, 2.45) is 11.5 Å². The number of anilines is 6. The minimum atomic E-state index is -3.28. The van der Waals surface area contributed by atoms with E-state index in [4.69, 9.17) is 30.4 Å². The number of carbonyl (C=O) groups is 2. The summed E-state index contributed by atoms with van der Waals surface area (Å²) in [5.41, 5.74) is 16.3. The average Bonchev–Trinajstić information content (AvgIpc) is 4.47. The van der Waals surface area contributed by atoms with Gasteiger partial charge in [0.25, 0.3) is 0 Å². The molecule has 28 heteroatoms. The summed E-state index contributed by atoms with van der Waals surface area (Å²) in [6.45, 7) is 6.73. The standard InChI is InChI=1S/C19H21N5O4S2.C18H18N4O3S.C17H18N4O3S2.CH4/c1-11-7-15-17(29-11)19(22-10-21-15)23-14-4-3-12(18(20)25)8-16(14)28-13-5-6-24(9-13)30(2,26)27;1-10-6-14-16(26-10)18(21-9-20-14)22-13-3-2-11(17(19)23)7-15(13)25-12-4-5-24-8-12;1-26(22,23)21-8-6-12(10-21)24-15-5-3-2-4-13(15)20-17-16-14(7-9-25-16)18-11-19-17;/h3-4,7-8,10,13H,5-6,9H2,1-2H3,(H2,20,25)(H,21,22,23);2-3,6-7,9,12H,4-5,8H2,1H3,(H2,19,23)(H,20,21,22);2-5,7,9,11-12H,6,8,10H2,1H3,(H,18,19,20);1H4. The zero-order chi connectivity index (χ0) is 57.7. The van der Waals surface area contributed by atoms with Gasteiger partial charge in [-0.25, -0.2) is 46.7 Å². The summed E-state index contributed by atoms with van der Waals surface area (Å²) in [4.78, 5) is 51.3. The van der Waals surface area contributed by atoms with E-state index in [1.807, 2.05) is 61.7 Å². The topological polar surface area (TPSA) is 311 Å². The lowest BCUT2D eigenvalue weighted by atomic mass is 10.1. The number of sulfonamides is 2. The van der Waals surface area contributed by atoms with Gasteiger partial charge in [-0.3, -0.25) is 9.59 Å². The molecule has 83 heavy (non-hydrogen) atoms. The minimum absolute atomic E-state index is 0. The Kier molecular flexibility index (Phi) is 18.6. The monoisotopic (exact) mass is 1220 g/mol. The van der Waals surface area contributed by atoms with Crippen LogP contribution in [0, 0.1) is 13.8 Å². The van der Waals surface area contributed by atoms with Gasteiger partial charge in [0.2, 0.25) is 31.9 Å². The Labute approximate surface area is 491 Å². The molecule has 0 bridgehead atoms. The van der Waals surface area contributed by atoms with Crippen LogP contribution in [0.15, 0.2) is 103 Å². The number of hydrogen-bond donors (Lipinski definition) is 5. The summed E-state index contributed by atoms with van der Waals surface area (Å²) >= 11 is 4.77. The van der Waals surface area contributed by atoms with Crippen molar-refractivity contribution < 1.29 is 45.4 Å². The Morgan fingerprint density at radius 2 is 1.04 bits per heavy atom. The average molecular weight is 1220 g/mol. The predicted octanol–water partition coefficient (Wildman–Crippen LogP) is 8.75. The fraction of sp³-hybridized carbons (Fsp3) is 0.309. The number of nitrogens with one attached hydrogen (secondary N) is 3. The lowest BCUT2D eigenvalue weighted by molar-refractivity contribution is 0.0991. The third kappa shape index (κ3) is 14.7. The fourth-order valence-electron chi connectivity index (χ4n) is 9.15. The number of thiophene rings is 3. The molecule has 7 N–H and O–H groups in total. The van der Waals surface area contributed by atoms with Crippen LogP contribution in [-0.2, 0) is 24.8 Å². The highest BCUT2D eigenvalue weighted by atomic mass is 32.2. The van der Waals surface area contributed by atoms with E-state index in [0.717, 1.165) is 58.3 Å². The lowest BCUT2D eigenvalue weighted by Crippen LogP contribution is -2.30. The van der Waals surface area contributed by atoms with Gasteiger partial charge in [-0.15, -0.1) is 34.0 Å². The van der Waals surface area contributed by atoms with Crippen LogP contribution in [0.4, 0.5) is 34.5 Å². The second-order valence-electron chi connectivity index (χ2n) is 19.4. The molecule has 9 aromatic rings. The third-order valence-corrected chi connectivity index (χ3v) is 18.8. The van der Waals surface area contributed by atoms with Crippen LogP contribution >= 0.6 is 34.0 Å². The van der Waals surface area contributed by atoms with Crippen molar-refractivity contribution >= 4 is 131 Å². The number of carbonyl (C=O) groups excluding carboxylic acids is 2. The number of nitrogens with zero attached hydrogens (tertiary/aromatic N) is 8. The van der Waals surface area contributed by atoms with E-state index in [-0.39, 0.29) is 32.3 Å². The maximum Gasteiger partial charge on any atom is 0.248 e. The summed E-state index contributed by atoms with van der Waals surface area (Å²) in [5, 5.41) is 11.9. The number of hydrogen-bond acceptors (Lipinski definition) is 22. The molecular formula is C55H61N13O10S5. The summed E-state index contributed by atoms with van der Waals surface area (Å²) in [6, 6.07) is 23.5.